The summed E-state index contributed by atoms with van der Waals surface area (Å²) in [7, 11) is 1.56. The van der Waals surface area contributed by atoms with Gasteiger partial charge in [-0.25, -0.2) is 10.4 Å². The number of ether oxygens (including phenoxy) is 2. The van der Waals surface area contributed by atoms with E-state index in [0.717, 1.165) is 22.3 Å². The molecule has 2 aromatic carbocycles. The Morgan fingerprint density at radius 3 is 2.69 bits per heavy atom. The van der Waals surface area contributed by atoms with E-state index in [0.29, 0.717) is 21.7 Å². The van der Waals surface area contributed by atoms with Gasteiger partial charge in [0.1, 0.15) is 11.4 Å². The molecule has 4 rings (SSSR count). The minimum atomic E-state index is -0.441. The second-order valence-electron chi connectivity index (χ2n) is 8.24. The van der Waals surface area contributed by atoms with Gasteiger partial charge in [0.05, 0.1) is 31.1 Å². The van der Waals surface area contributed by atoms with Gasteiger partial charge in [-0.05, 0) is 50.1 Å². The highest BCUT2D eigenvalue weighted by molar-refractivity contribution is 7.17. The maximum atomic E-state index is 13.1. The number of methoxy groups -OCH3 is 1. The average Bonchev–Trinajstić information content (AvgIpc) is 3.27. The van der Waals surface area contributed by atoms with Crippen LogP contribution in [-0.4, -0.2) is 34.9 Å². The molecule has 0 aliphatic carbocycles. The van der Waals surface area contributed by atoms with Gasteiger partial charge in [0.25, 0.3) is 11.5 Å². The van der Waals surface area contributed by atoms with Crippen molar-refractivity contribution in [2.45, 2.75) is 33.4 Å². The van der Waals surface area contributed by atoms with E-state index in [1.165, 1.54) is 28.4 Å². The van der Waals surface area contributed by atoms with Crippen LogP contribution >= 0.6 is 11.3 Å². The van der Waals surface area contributed by atoms with Gasteiger partial charge in [-0.1, -0.05) is 29.8 Å². The van der Waals surface area contributed by atoms with E-state index >= 15 is 0 Å². The molecule has 0 radical (unpaired) electrons. The van der Waals surface area contributed by atoms with Crippen molar-refractivity contribution in [1.29, 1.82) is 0 Å². The van der Waals surface area contributed by atoms with Gasteiger partial charge in [-0.3, -0.25) is 14.2 Å². The van der Waals surface area contributed by atoms with Gasteiger partial charge >= 0.3 is 0 Å². The monoisotopic (exact) mass is 490 g/mol. The number of hydrogen-bond acceptors (Lipinski definition) is 7. The highest BCUT2D eigenvalue weighted by atomic mass is 32.1. The van der Waals surface area contributed by atoms with Crippen LogP contribution in [0.4, 0.5) is 0 Å². The first-order valence-corrected chi connectivity index (χ1v) is 11.9. The quantitative estimate of drug-likeness (QED) is 0.292. The fourth-order valence-electron chi connectivity index (χ4n) is 3.51. The van der Waals surface area contributed by atoms with Crippen LogP contribution < -0.4 is 20.5 Å². The number of benzene rings is 2. The fourth-order valence-corrected chi connectivity index (χ4v) is 4.42. The molecule has 8 nitrogen and oxygen atoms in total. The van der Waals surface area contributed by atoms with Crippen LogP contribution in [0.1, 0.15) is 25.0 Å². The first-order chi connectivity index (χ1) is 16.9. The SMILES string of the molecule is COc1cc(C=NNC(=O)Cn2cnc3scc(-c4ccc(C)cc4)c3c2=O)ccc1OC(C)C. The van der Waals surface area contributed by atoms with Gasteiger partial charge in [0.2, 0.25) is 0 Å². The van der Waals surface area contributed by atoms with Crippen LogP contribution in [0.25, 0.3) is 21.3 Å². The van der Waals surface area contributed by atoms with Crippen molar-refractivity contribution in [3.8, 4) is 22.6 Å². The Hall–Kier alpha value is -3.98. The van der Waals surface area contributed by atoms with Crippen molar-refractivity contribution in [2.75, 3.05) is 7.11 Å². The van der Waals surface area contributed by atoms with Crippen LogP contribution in [0.15, 0.2) is 64.1 Å². The largest absolute Gasteiger partial charge is 0.493 e. The zero-order valence-corrected chi connectivity index (χ0v) is 20.8. The molecule has 0 aliphatic rings. The van der Waals surface area contributed by atoms with E-state index in [1.807, 2.05) is 50.4 Å². The molecule has 0 aliphatic heterocycles. The summed E-state index contributed by atoms with van der Waals surface area (Å²) in [5, 5.41) is 6.43. The maximum absolute atomic E-state index is 13.1. The summed E-state index contributed by atoms with van der Waals surface area (Å²) >= 11 is 1.41. The Morgan fingerprint density at radius 2 is 1.97 bits per heavy atom. The van der Waals surface area contributed by atoms with Gasteiger partial charge in [0, 0.05) is 10.9 Å². The van der Waals surface area contributed by atoms with Crippen LogP contribution in [0, 0.1) is 6.92 Å². The minimum Gasteiger partial charge on any atom is -0.493 e. The van der Waals surface area contributed by atoms with Crippen LogP contribution in [0.3, 0.4) is 0 Å². The van der Waals surface area contributed by atoms with E-state index in [2.05, 4.69) is 15.5 Å². The highest BCUT2D eigenvalue weighted by Gasteiger charge is 2.14. The Morgan fingerprint density at radius 1 is 1.20 bits per heavy atom. The molecule has 0 bridgehead atoms. The Labute approximate surface area is 206 Å². The van der Waals surface area contributed by atoms with Crippen molar-refractivity contribution in [3.63, 3.8) is 0 Å². The van der Waals surface area contributed by atoms with Crippen molar-refractivity contribution in [1.82, 2.24) is 15.0 Å². The highest BCUT2D eigenvalue weighted by Crippen LogP contribution is 2.31. The number of hydrogen-bond donors (Lipinski definition) is 1. The summed E-state index contributed by atoms with van der Waals surface area (Å²) in [5.41, 5.74) is 5.80. The number of rotatable bonds is 8. The predicted molar refractivity (Wildman–Crippen MR) is 139 cm³/mol. The third-order valence-corrected chi connectivity index (χ3v) is 6.08. The number of hydrazone groups is 1. The van der Waals surface area contributed by atoms with Gasteiger partial charge in [0.15, 0.2) is 11.5 Å². The zero-order chi connectivity index (χ0) is 24.9. The lowest BCUT2D eigenvalue weighted by Crippen LogP contribution is -2.30. The second-order valence-corrected chi connectivity index (χ2v) is 9.10. The molecule has 1 N–H and O–H groups in total. The van der Waals surface area contributed by atoms with Crippen molar-refractivity contribution in [3.05, 3.63) is 75.7 Å². The number of aromatic nitrogens is 2. The Bertz CT molecular complexity index is 1440. The molecule has 0 unspecified atom stereocenters. The molecule has 180 valence electrons. The second kappa shape index (κ2) is 10.5. The van der Waals surface area contributed by atoms with E-state index in [4.69, 9.17) is 9.47 Å². The molecule has 2 aromatic heterocycles. The summed E-state index contributed by atoms with van der Waals surface area (Å²) in [4.78, 5) is 30.6. The summed E-state index contributed by atoms with van der Waals surface area (Å²) in [6.45, 7) is 5.68. The number of carbonyl (C=O) groups is 1. The predicted octanol–water partition coefficient (Wildman–Crippen LogP) is 4.38. The van der Waals surface area contributed by atoms with Gasteiger partial charge in [-0.2, -0.15) is 5.10 Å². The zero-order valence-electron chi connectivity index (χ0n) is 19.9. The normalized spacial score (nSPS) is 11.3. The molecule has 4 aromatic rings. The topological polar surface area (TPSA) is 94.8 Å². The fraction of sp³-hybridized carbons (Fsp3) is 0.231. The summed E-state index contributed by atoms with van der Waals surface area (Å²) in [5.74, 6) is 0.757. The third-order valence-electron chi connectivity index (χ3n) is 5.19. The maximum Gasteiger partial charge on any atom is 0.263 e. The molecule has 1 amide bonds. The number of amides is 1. The molecule has 0 spiro atoms. The Kier molecular flexibility index (Phi) is 7.26. The molecular formula is C26H26N4O4S. The van der Waals surface area contributed by atoms with Crippen molar-refractivity contribution >= 4 is 33.7 Å². The molecule has 2 heterocycles. The molecule has 0 atom stereocenters. The molecule has 0 saturated heterocycles. The number of nitrogens with zero attached hydrogens (tertiary/aromatic N) is 3. The van der Waals surface area contributed by atoms with Crippen molar-refractivity contribution in [2.24, 2.45) is 5.10 Å². The molecule has 0 fully saturated rings. The van der Waals surface area contributed by atoms with Crippen molar-refractivity contribution < 1.29 is 14.3 Å². The average molecular weight is 491 g/mol. The molecule has 9 heteroatoms. The summed E-state index contributed by atoms with van der Waals surface area (Å²) in [6, 6.07) is 13.3. The molecular weight excluding hydrogens is 464 g/mol. The van der Waals surface area contributed by atoms with E-state index in [-0.39, 0.29) is 18.2 Å². The van der Waals surface area contributed by atoms with E-state index in [9.17, 15) is 9.59 Å². The minimum absolute atomic E-state index is 0.0156. The van der Waals surface area contributed by atoms with Gasteiger partial charge in [-0.15, -0.1) is 11.3 Å². The third kappa shape index (κ3) is 5.58. The summed E-state index contributed by atoms with van der Waals surface area (Å²) < 4.78 is 12.4. The lowest BCUT2D eigenvalue weighted by molar-refractivity contribution is -0.121. The summed E-state index contributed by atoms with van der Waals surface area (Å²) in [6.07, 6.45) is 2.90. The molecule has 35 heavy (non-hydrogen) atoms. The van der Waals surface area contributed by atoms with Crippen LogP contribution in [-0.2, 0) is 11.3 Å². The number of thiophene rings is 1. The first kappa shape index (κ1) is 24.2. The first-order valence-electron chi connectivity index (χ1n) is 11.1. The lowest BCUT2D eigenvalue weighted by atomic mass is 10.1. The van der Waals surface area contributed by atoms with E-state index in [1.54, 1.807) is 25.3 Å². The smallest absolute Gasteiger partial charge is 0.263 e. The number of nitrogens with one attached hydrogen (secondary N) is 1. The molecule has 0 saturated carbocycles. The van der Waals surface area contributed by atoms with Crippen LogP contribution in [0.5, 0.6) is 11.5 Å². The number of aryl methyl sites for hydroxylation is 1. The Balaban J connectivity index is 1.48. The van der Waals surface area contributed by atoms with E-state index < -0.39 is 5.91 Å². The standard InChI is InChI=1S/C26H26N4O4S/c1-16(2)34-21-10-7-18(11-22(21)33-4)12-28-29-23(31)13-30-15-27-25-24(26(30)32)20(14-35-25)19-8-5-17(3)6-9-19/h5-12,14-16H,13H2,1-4H3,(H,29,31). The number of fused-ring (bicyclic) bond motifs is 1. The van der Waals surface area contributed by atoms with Gasteiger partial charge < -0.3 is 9.47 Å². The van der Waals surface area contributed by atoms with Crippen LogP contribution in [0.2, 0.25) is 0 Å². The lowest BCUT2D eigenvalue weighted by Gasteiger charge is -2.13. The number of carbonyl (C=O) groups excluding carboxylic acids is 1.